The van der Waals surface area contributed by atoms with Crippen molar-refractivity contribution in [3.05, 3.63) is 108 Å². The molecule has 0 bridgehead atoms. The number of carboxylic acid groups (broad SMARTS) is 1. The molecule has 6 rings (SSSR count). The number of H-pyrrole nitrogens is 2. The molecule has 2 aromatic heterocycles. The molecule has 16 nitrogen and oxygen atoms in total. The lowest BCUT2D eigenvalue weighted by atomic mass is 10.0. The number of nitrogens with one attached hydrogen (secondary N) is 7. The number of carbonyl (C=O) groups excluding carboxylic acids is 6. The van der Waals surface area contributed by atoms with E-state index in [2.05, 4.69) is 36.6 Å². The van der Waals surface area contributed by atoms with Gasteiger partial charge >= 0.3 is 5.97 Å². The maximum atomic E-state index is 14.4. The molecule has 1 aliphatic rings. The second kappa shape index (κ2) is 18.1. The topological polar surface area (TPSA) is 257 Å². The Bertz CT molecular complexity index is 2290. The first-order chi connectivity index (χ1) is 27.4. The fraction of sp³-hybridized carbons (Fsp3) is 0.293. The molecule has 5 aromatic rings. The van der Waals surface area contributed by atoms with Gasteiger partial charge < -0.3 is 47.4 Å². The largest absolute Gasteiger partial charge is 0.480 e. The third-order valence-corrected chi connectivity index (χ3v) is 9.99. The third-order valence-electron chi connectivity index (χ3n) is 9.99. The zero-order valence-electron chi connectivity index (χ0n) is 30.9. The van der Waals surface area contributed by atoms with Gasteiger partial charge in [0.05, 0.1) is 0 Å². The fourth-order valence-electron chi connectivity index (χ4n) is 6.96. The molecule has 57 heavy (non-hydrogen) atoms. The number of carboxylic acids is 1. The summed E-state index contributed by atoms with van der Waals surface area (Å²) in [5, 5.41) is 25.0. The summed E-state index contributed by atoms with van der Waals surface area (Å²) in [6.45, 7) is 0. The van der Waals surface area contributed by atoms with Gasteiger partial charge in [0.15, 0.2) is 0 Å². The molecular formula is C41H44N8O8. The molecule has 3 heterocycles. The molecule has 0 radical (unpaired) electrons. The van der Waals surface area contributed by atoms with Crippen molar-refractivity contribution < 1.29 is 38.7 Å². The molecule has 0 unspecified atom stereocenters. The molecule has 16 heteroatoms. The van der Waals surface area contributed by atoms with Crippen LogP contribution in [0.4, 0.5) is 0 Å². The number of amides is 6. The van der Waals surface area contributed by atoms with Gasteiger partial charge in [0.25, 0.3) is 0 Å². The number of benzene rings is 3. The highest BCUT2D eigenvalue weighted by molar-refractivity contribution is 5.97. The minimum atomic E-state index is -1.35. The minimum absolute atomic E-state index is 0.0179. The predicted octanol–water partition coefficient (Wildman–Crippen LogP) is 1.25. The van der Waals surface area contributed by atoms with Crippen molar-refractivity contribution in [3.8, 4) is 0 Å². The number of aliphatic carboxylic acids is 1. The molecule has 296 valence electrons. The number of aromatic nitrogens is 2. The van der Waals surface area contributed by atoms with E-state index in [9.17, 15) is 38.7 Å². The monoisotopic (exact) mass is 776 g/mol. The maximum absolute atomic E-state index is 14.4. The van der Waals surface area contributed by atoms with Crippen molar-refractivity contribution in [2.75, 3.05) is 0 Å². The molecule has 3 aromatic carbocycles. The van der Waals surface area contributed by atoms with Crippen LogP contribution in [0.2, 0.25) is 0 Å². The van der Waals surface area contributed by atoms with Gasteiger partial charge in [0.1, 0.15) is 30.2 Å². The van der Waals surface area contributed by atoms with E-state index >= 15 is 0 Å². The zero-order chi connectivity index (χ0) is 40.5. The first-order valence-electron chi connectivity index (χ1n) is 18.6. The number of hydrogen-bond donors (Lipinski definition) is 9. The quantitative estimate of drug-likeness (QED) is 0.0624. The average molecular weight is 777 g/mol. The molecular weight excluding hydrogens is 732 g/mol. The van der Waals surface area contributed by atoms with Crippen LogP contribution in [0.25, 0.3) is 21.8 Å². The summed E-state index contributed by atoms with van der Waals surface area (Å²) in [5.74, 6) is -5.28. The Hall–Kier alpha value is -6.97. The van der Waals surface area contributed by atoms with E-state index in [-0.39, 0.29) is 50.9 Å². The Morgan fingerprint density at radius 3 is 1.72 bits per heavy atom. The first kappa shape index (κ1) is 39.7. The van der Waals surface area contributed by atoms with E-state index in [0.717, 1.165) is 21.8 Å². The van der Waals surface area contributed by atoms with Gasteiger partial charge in [-0.05, 0) is 41.7 Å². The van der Waals surface area contributed by atoms with E-state index in [4.69, 9.17) is 5.73 Å². The zero-order valence-corrected chi connectivity index (χ0v) is 30.9. The fourth-order valence-corrected chi connectivity index (χ4v) is 6.96. The van der Waals surface area contributed by atoms with Crippen LogP contribution in [-0.2, 0) is 52.8 Å². The van der Waals surface area contributed by atoms with E-state index in [1.54, 1.807) is 42.7 Å². The number of para-hydroxylation sites is 2. The van der Waals surface area contributed by atoms with Gasteiger partial charge in [-0.1, -0.05) is 66.7 Å². The number of fused-ring (bicyclic) bond motifs is 2. The van der Waals surface area contributed by atoms with Crippen LogP contribution in [-0.4, -0.2) is 86.7 Å². The SMILES string of the molecule is NC(=O)CC[C@H](NC(=O)[C@@H]1CCC(=O)N1)C(=O)N[C@H](Cc1c[nH]c2ccccc12)C(=O)N[C@@H](Cc1ccccc1)C(=O)N[C@H](Cc1c[nH]c2ccccc12)C(=O)O. The Balaban J connectivity index is 1.26. The Kier molecular flexibility index (Phi) is 12.6. The summed E-state index contributed by atoms with van der Waals surface area (Å²) in [5.41, 5.74) is 8.98. The number of hydrogen-bond acceptors (Lipinski definition) is 7. The van der Waals surface area contributed by atoms with Crippen LogP contribution in [0.15, 0.2) is 91.3 Å². The maximum Gasteiger partial charge on any atom is 0.326 e. The average Bonchev–Trinajstić information content (AvgIpc) is 3.94. The van der Waals surface area contributed by atoms with Crippen molar-refractivity contribution in [1.82, 2.24) is 36.6 Å². The first-order valence-corrected chi connectivity index (χ1v) is 18.6. The van der Waals surface area contributed by atoms with E-state index in [0.29, 0.717) is 16.7 Å². The van der Waals surface area contributed by atoms with Crippen LogP contribution >= 0.6 is 0 Å². The van der Waals surface area contributed by atoms with Crippen molar-refractivity contribution in [3.63, 3.8) is 0 Å². The summed E-state index contributed by atoms with van der Waals surface area (Å²) in [4.78, 5) is 97.8. The van der Waals surface area contributed by atoms with Gasteiger partial charge in [-0.2, -0.15) is 0 Å². The number of aromatic amines is 2. The van der Waals surface area contributed by atoms with Crippen molar-refractivity contribution >= 4 is 63.2 Å². The van der Waals surface area contributed by atoms with Crippen LogP contribution in [0.5, 0.6) is 0 Å². The third kappa shape index (κ3) is 10.2. The number of nitrogens with two attached hydrogens (primary N) is 1. The van der Waals surface area contributed by atoms with Gasteiger partial charge in [-0.25, -0.2) is 4.79 Å². The standard InChI is InChI=1S/C41H44N8O8/c42-35(50)16-14-31(46-37(52)30-15-17-36(51)45-30)38(53)48-33(19-24-21-43-28-12-6-4-10-26(24)28)40(55)47-32(18-23-8-2-1-3-9-23)39(54)49-34(41(56)57)20-25-22-44-29-13-7-5-11-27(25)29/h1-13,21-22,30-34,43-44H,14-20H2,(H2,42,50)(H,45,51)(H,46,52)(H,47,55)(H,48,53)(H,49,54)(H,56,57)/t30-,31-,32-,33+,34+/m0/s1. The van der Waals surface area contributed by atoms with Gasteiger partial charge in [-0.15, -0.1) is 0 Å². The lowest BCUT2D eigenvalue weighted by molar-refractivity contribution is -0.142. The molecule has 5 atom stereocenters. The molecule has 0 aliphatic carbocycles. The summed E-state index contributed by atoms with van der Waals surface area (Å²) in [6.07, 6.45) is 3.16. The summed E-state index contributed by atoms with van der Waals surface area (Å²) < 4.78 is 0. The lowest BCUT2D eigenvalue weighted by Gasteiger charge is -2.26. The summed E-state index contributed by atoms with van der Waals surface area (Å²) in [6, 6.07) is 17.4. The normalized spacial score (nSPS) is 15.9. The van der Waals surface area contributed by atoms with Gasteiger partial charge in [0.2, 0.25) is 35.4 Å². The summed E-state index contributed by atoms with van der Waals surface area (Å²) in [7, 11) is 0. The van der Waals surface area contributed by atoms with Crippen LogP contribution in [0.1, 0.15) is 42.4 Å². The van der Waals surface area contributed by atoms with Crippen molar-refractivity contribution in [1.29, 1.82) is 0 Å². The molecule has 1 aliphatic heterocycles. The number of primary amides is 1. The second-order valence-electron chi connectivity index (χ2n) is 14.1. The second-order valence-corrected chi connectivity index (χ2v) is 14.1. The molecule has 1 saturated heterocycles. The van der Waals surface area contributed by atoms with E-state index < -0.39 is 65.7 Å². The molecule has 0 spiro atoms. The van der Waals surface area contributed by atoms with Gasteiger partial charge in [0, 0.05) is 66.3 Å². The van der Waals surface area contributed by atoms with E-state index in [1.165, 1.54) is 0 Å². The number of rotatable bonds is 18. The molecule has 1 fully saturated rings. The van der Waals surface area contributed by atoms with Crippen LogP contribution in [0.3, 0.4) is 0 Å². The number of carbonyl (C=O) groups is 7. The minimum Gasteiger partial charge on any atom is -0.480 e. The lowest BCUT2D eigenvalue weighted by Crippen LogP contribution is -2.59. The highest BCUT2D eigenvalue weighted by Gasteiger charge is 2.34. The Labute approximate surface area is 326 Å². The van der Waals surface area contributed by atoms with E-state index in [1.807, 2.05) is 48.5 Å². The molecule has 10 N–H and O–H groups in total. The highest BCUT2D eigenvalue weighted by atomic mass is 16.4. The van der Waals surface area contributed by atoms with Crippen molar-refractivity contribution in [2.45, 2.75) is 75.2 Å². The van der Waals surface area contributed by atoms with Crippen molar-refractivity contribution in [2.24, 2.45) is 5.73 Å². The Morgan fingerprint density at radius 2 is 1.18 bits per heavy atom. The molecule has 0 saturated carbocycles. The van der Waals surface area contributed by atoms with Gasteiger partial charge in [-0.3, -0.25) is 28.8 Å². The van der Waals surface area contributed by atoms with Crippen LogP contribution < -0.4 is 32.3 Å². The highest BCUT2D eigenvalue weighted by Crippen LogP contribution is 2.21. The van der Waals surface area contributed by atoms with Crippen LogP contribution in [0, 0.1) is 0 Å². The summed E-state index contributed by atoms with van der Waals surface area (Å²) >= 11 is 0. The predicted molar refractivity (Wildman–Crippen MR) is 209 cm³/mol. The smallest absolute Gasteiger partial charge is 0.326 e. The molecule has 6 amide bonds. The Morgan fingerprint density at radius 1 is 0.667 bits per heavy atom.